The summed E-state index contributed by atoms with van der Waals surface area (Å²) in [5.74, 6) is -3.81. The molecule has 31 heavy (non-hydrogen) atoms. The van der Waals surface area contributed by atoms with Crippen LogP contribution in [0, 0.1) is 5.92 Å². The molecule has 0 saturated heterocycles. The van der Waals surface area contributed by atoms with Crippen molar-refractivity contribution >= 4 is 10.8 Å². The van der Waals surface area contributed by atoms with Crippen LogP contribution in [-0.2, 0) is 11.7 Å². The van der Waals surface area contributed by atoms with Crippen LogP contribution in [0.5, 0.6) is 5.75 Å². The topological polar surface area (TPSA) is 55.5 Å². The van der Waals surface area contributed by atoms with E-state index in [4.69, 9.17) is 10.5 Å². The van der Waals surface area contributed by atoms with Crippen LogP contribution in [0.15, 0.2) is 30.3 Å². The van der Waals surface area contributed by atoms with Gasteiger partial charge in [-0.1, -0.05) is 25.1 Å². The lowest BCUT2D eigenvalue weighted by Gasteiger charge is -2.33. The van der Waals surface area contributed by atoms with E-state index in [1.807, 2.05) is 0 Å². The van der Waals surface area contributed by atoms with Crippen molar-refractivity contribution in [3.05, 3.63) is 41.5 Å². The lowest BCUT2D eigenvalue weighted by atomic mass is 9.82. The van der Waals surface area contributed by atoms with Crippen molar-refractivity contribution in [2.45, 2.75) is 69.7 Å². The predicted molar refractivity (Wildman–Crippen MR) is 109 cm³/mol. The number of halogens is 5. The van der Waals surface area contributed by atoms with Crippen LogP contribution >= 0.6 is 0 Å². The van der Waals surface area contributed by atoms with Gasteiger partial charge in [-0.05, 0) is 61.1 Å². The van der Waals surface area contributed by atoms with Gasteiger partial charge >= 0.3 is 6.18 Å². The number of rotatable bonds is 6. The van der Waals surface area contributed by atoms with Crippen LogP contribution in [0.25, 0.3) is 10.8 Å². The molecule has 0 spiro atoms. The van der Waals surface area contributed by atoms with E-state index < -0.39 is 35.2 Å². The van der Waals surface area contributed by atoms with Gasteiger partial charge in [-0.25, -0.2) is 8.78 Å². The number of aliphatic hydroxyl groups excluding tert-OH is 1. The smallest absolute Gasteiger partial charge is 0.420 e. The van der Waals surface area contributed by atoms with Gasteiger partial charge in [0.25, 0.3) is 5.92 Å². The molecule has 0 radical (unpaired) electrons. The first-order valence-corrected chi connectivity index (χ1v) is 10.5. The predicted octanol–water partition coefficient (Wildman–Crippen LogP) is 6.01. The molecule has 0 bridgehead atoms. The lowest BCUT2D eigenvalue weighted by molar-refractivity contribution is -0.138. The molecule has 0 aromatic heterocycles. The molecule has 0 heterocycles. The first-order valence-electron chi connectivity index (χ1n) is 10.5. The molecule has 3 N–H and O–H groups in total. The van der Waals surface area contributed by atoms with Crippen LogP contribution < -0.4 is 10.5 Å². The van der Waals surface area contributed by atoms with Crippen molar-refractivity contribution in [2.75, 3.05) is 6.61 Å². The van der Waals surface area contributed by atoms with Gasteiger partial charge in [0.1, 0.15) is 11.3 Å². The first kappa shape index (κ1) is 23.7. The lowest BCUT2D eigenvalue weighted by Crippen LogP contribution is -2.36. The van der Waals surface area contributed by atoms with Crippen molar-refractivity contribution in [2.24, 2.45) is 11.7 Å². The Balaban J connectivity index is 1.90. The Kier molecular flexibility index (Phi) is 6.54. The fraction of sp³-hybridized carbons (Fsp3) is 0.565. The second-order valence-electron chi connectivity index (χ2n) is 8.65. The van der Waals surface area contributed by atoms with Gasteiger partial charge in [0.15, 0.2) is 0 Å². The molecular weight excluding hydrogens is 417 g/mol. The first-order chi connectivity index (χ1) is 14.4. The van der Waals surface area contributed by atoms with Gasteiger partial charge in [0, 0.05) is 12.3 Å². The van der Waals surface area contributed by atoms with Gasteiger partial charge in [0.05, 0.1) is 18.2 Å². The van der Waals surface area contributed by atoms with Crippen LogP contribution in [0.1, 0.15) is 57.1 Å². The Morgan fingerprint density at radius 1 is 1.03 bits per heavy atom. The summed E-state index contributed by atoms with van der Waals surface area (Å²) in [6.45, 7) is 2.67. The molecule has 0 unspecified atom stereocenters. The Morgan fingerprint density at radius 3 is 2.23 bits per heavy atom. The summed E-state index contributed by atoms with van der Waals surface area (Å²) < 4.78 is 75.4. The second-order valence-corrected chi connectivity index (χ2v) is 8.65. The maximum Gasteiger partial charge on any atom is 0.420 e. The van der Waals surface area contributed by atoms with Crippen LogP contribution in [0.4, 0.5) is 22.0 Å². The monoisotopic (exact) mass is 445 g/mol. The van der Waals surface area contributed by atoms with Gasteiger partial charge in [-0.15, -0.1) is 0 Å². The summed E-state index contributed by atoms with van der Waals surface area (Å²) in [6, 6.07) is 7.13. The molecule has 1 saturated carbocycles. The molecule has 1 atom stereocenters. The molecule has 0 amide bonds. The zero-order valence-corrected chi connectivity index (χ0v) is 17.6. The van der Waals surface area contributed by atoms with E-state index in [0.717, 1.165) is 0 Å². The minimum absolute atomic E-state index is 0.0336. The third kappa shape index (κ3) is 4.95. The van der Waals surface area contributed by atoms with Crippen molar-refractivity contribution < 1.29 is 31.8 Å². The van der Waals surface area contributed by atoms with Gasteiger partial charge in [0.2, 0.25) is 0 Å². The van der Waals surface area contributed by atoms with Crippen LogP contribution in [0.3, 0.4) is 0 Å². The summed E-state index contributed by atoms with van der Waals surface area (Å²) in [6.07, 6.45) is -4.42. The quantitative estimate of drug-likeness (QED) is 0.536. The van der Waals surface area contributed by atoms with Crippen molar-refractivity contribution in [1.82, 2.24) is 0 Å². The molecule has 1 aliphatic rings. The zero-order chi connectivity index (χ0) is 23.0. The molecule has 3 rings (SSSR count). The summed E-state index contributed by atoms with van der Waals surface area (Å²) in [5.41, 5.74) is 4.55. The average molecular weight is 445 g/mol. The minimum atomic E-state index is -4.66. The van der Waals surface area contributed by atoms with Crippen molar-refractivity contribution in [1.29, 1.82) is 0 Å². The van der Waals surface area contributed by atoms with Crippen molar-refractivity contribution in [3.8, 4) is 5.75 Å². The molecular formula is C23H28F5NO2. The van der Waals surface area contributed by atoms with E-state index in [0.29, 0.717) is 10.9 Å². The van der Waals surface area contributed by atoms with Crippen molar-refractivity contribution in [3.63, 3.8) is 0 Å². The third-order valence-electron chi connectivity index (χ3n) is 6.29. The molecule has 0 aliphatic heterocycles. The van der Waals surface area contributed by atoms with E-state index in [9.17, 15) is 27.1 Å². The largest absolute Gasteiger partial charge is 0.490 e. The molecule has 1 fully saturated rings. The highest BCUT2D eigenvalue weighted by molar-refractivity contribution is 5.89. The molecule has 1 aliphatic carbocycles. The molecule has 8 heteroatoms. The van der Waals surface area contributed by atoms with E-state index in [-0.39, 0.29) is 49.8 Å². The fourth-order valence-corrected chi connectivity index (χ4v) is 4.22. The van der Waals surface area contributed by atoms with E-state index in [2.05, 4.69) is 0 Å². The Morgan fingerprint density at radius 2 is 1.68 bits per heavy atom. The fourth-order valence-electron chi connectivity index (χ4n) is 4.22. The standard InChI is InChI=1S/C23H28F5NO2/c1-3-22(24,25)15-5-8-17(9-6-15)31-19-11-4-14-12-16(21(2,29)13-30)7-10-18(14)20(19)23(26,27)28/h4,7,10-12,15,17,30H,3,5-6,8-9,13,29H2,1-2H3/t15?,17?,21-/m0/s1. The third-order valence-corrected chi connectivity index (χ3v) is 6.29. The Hall–Kier alpha value is -1.93. The summed E-state index contributed by atoms with van der Waals surface area (Å²) in [5, 5.41) is 9.74. The van der Waals surface area contributed by atoms with Crippen LogP contribution in [0.2, 0.25) is 0 Å². The number of hydrogen-bond acceptors (Lipinski definition) is 3. The highest BCUT2D eigenvalue weighted by atomic mass is 19.4. The Labute approximate surface area is 178 Å². The SMILES string of the molecule is CCC(F)(F)C1CCC(Oc2ccc3cc([C@@](C)(N)CO)ccc3c2C(F)(F)F)CC1. The summed E-state index contributed by atoms with van der Waals surface area (Å²) in [7, 11) is 0. The van der Waals surface area contributed by atoms with E-state index in [1.165, 1.54) is 37.3 Å². The number of ether oxygens (including phenoxy) is 1. The second kappa shape index (κ2) is 8.54. The summed E-state index contributed by atoms with van der Waals surface area (Å²) in [4.78, 5) is 0. The molecule has 172 valence electrons. The zero-order valence-electron chi connectivity index (χ0n) is 17.6. The Bertz CT molecular complexity index is 918. The summed E-state index contributed by atoms with van der Waals surface area (Å²) >= 11 is 0. The van der Waals surface area contributed by atoms with E-state index in [1.54, 1.807) is 6.92 Å². The average Bonchev–Trinajstić information content (AvgIpc) is 2.72. The normalized spacial score (nSPS) is 22.4. The van der Waals surface area contributed by atoms with Crippen LogP contribution in [-0.4, -0.2) is 23.7 Å². The van der Waals surface area contributed by atoms with Gasteiger partial charge in [-0.2, -0.15) is 13.2 Å². The number of hydrogen-bond donors (Lipinski definition) is 2. The molecule has 3 nitrogen and oxygen atoms in total. The number of fused-ring (bicyclic) bond motifs is 1. The maximum absolute atomic E-state index is 14.0. The number of alkyl halides is 5. The number of aliphatic hydroxyl groups is 1. The highest BCUT2D eigenvalue weighted by Gasteiger charge is 2.41. The molecule has 2 aromatic carbocycles. The molecule has 2 aromatic rings. The van der Waals surface area contributed by atoms with Gasteiger partial charge in [-0.3, -0.25) is 0 Å². The maximum atomic E-state index is 14.0. The minimum Gasteiger partial charge on any atom is -0.490 e. The van der Waals surface area contributed by atoms with Gasteiger partial charge < -0.3 is 15.6 Å². The number of benzene rings is 2. The highest BCUT2D eigenvalue weighted by Crippen LogP contribution is 2.44. The number of nitrogens with two attached hydrogens (primary N) is 1. The van der Waals surface area contributed by atoms with E-state index >= 15 is 0 Å².